The number of carbonyl (C=O) groups excluding carboxylic acids is 1. The van der Waals surface area contributed by atoms with Crippen molar-refractivity contribution in [1.29, 1.82) is 0 Å². The number of nitrogens with two attached hydrogens (primary N) is 1. The van der Waals surface area contributed by atoms with Crippen molar-refractivity contribution < 1.29 is 9.53 Å². The predicted molar refractivity (Wildman–Crippen MR) is 85.4 cm³/mol. The summed E-state index contributed by atoms with van der Waals surface area (Å²) in [7, 11) is 1.43. The highest BCUT2D eigenvalue weighted by molar-refractivity contribution is 5.70. The van der Waals surface area contributed by atoms with Crippen molar-refractivity contribution in [2.45, 2.75) is 19.0 Å². The Hall–Kier alpha value is -2.33. The molecule has 0 spiro atoms. The van der Waals surface area contributed by atoms with Crippen LogP contribution in [-0.4, -0.2) is 24.6 Å². The Balaban J connectivity index is 2.06. The molecule has 0 saturated carbocycles. The monoisotopic (exact) mass is 296 g/mol. The van der Waals surface area contributed by atoms with Gasteiger partial charge in [0.1, 0.15) is 0 Å². The summed E-state index contributed by atoms with van der Waals surface area (Å²) in [4.78, 5) is 14.0. The summed E-state index contributed by atoms with van der Waals surface area (Å²) in [5.41, 5.74) is 10.3. The van der Waals surface area contributed by atoms with Gasteiger partial charge in [-0.25, -0.2) is 4.79 Å². The smallest absolute Gasteiger partial charge is 0.410 e. The quantitative estimate of drug-likeness (QED) is 0.927. The first-order chi connectivity index (χ1) is 10.7. The molecule has 0 aromatic heterocycles. The van der Waals surface area contributed by atoms with Crippen molar-refractivity contribution in [1.82, 2.24) is 4.90 Å². The van der Waals surface area contributed by atoms with Crippen molar-refractivity contribution in [2.24, 2.45) is 5.73 Å². The minimum absolute atomic E-state index is 0.107. The highest BCUT2D eigenvalue weighted by Crippen LogP contribution is 2.35. The Morgan fingerprint density at radius 3 is 2.64 bits per heavy atom. The molecule has 2 aromatic carbocycles. The maximum absolute atomic E-state index is 12.2. The lowest BCUT2D eigenvalue weighted by molar-refractivity contribution is 0.109. The number of rotatable bonds is 2. The molecule has 4 nitrogen and oxygen atoms in total. The second-order valence-electron chi connectivity index (χ2n) is 5.46. The summed E-state index contributed by atoms with van der Waals surface area (Å²) in [5, 5.41) is 0. The Bertz CT molecular complexity index is 667. The second-order valence-corrected chi connectivity index (χ2v) is 5.46. The van der Waals surface area contributed by atoms with Crippen LogP contribution in [0.5, 0.6) is 0 Å². The zero-order chi connectivity index (χ0) is 15.5. The maximum Gasteiger partial charge on any atom is 0.410 e. The minimum Gasteiger partial charge on any atom is -0.453 e. The van der Waals surface area contributed by atoms with Gasteiger partial charge in [-0.15, -0.1) is 0 Å². The summed E-state index contributed by atoms with van der Waals surface area (Å²) in [6.45, 7) is 1.18. The Labute approximate surface area is 130 Å². The second kappa shape index (κ2) is 6.20. The lowest BCUT2D eigenvalue weighted by Crippen LogP contribution is -2.40. The van der Waals surface area contributed by atoms with Crippen LogP contribution in [-0.2, 0) is 17.7 Å². The molecule has 3 rings (SSSR count). The largest absolute Gasteiger partial charge is 0.453 e. The van der Waals surface area contributed by atoms with E-state index in [-0.39, 0.29) is 12.1 Å². The van der Waals surface area contributed by atoms with Gasteiger partial charge in [-0.05, 0) is 28.7 Å². The molecule has 0 saturated heterocycles. The lowest BCUT2D eigenvalue weighted by atomic mass is 9.88. The Kier molecular flexibility index (Phi) is 4.11. The molecule has 1 atom stereocenters. The van der Waals surface area contributed by atoms with E-state index < -0.39 is 0 Å². The number of benzene rings is 2. The van der Waals surface area contributed by atoms with E-state index in [1.54, 1.807) is 4.90 Å². The number of ether oxygens (including phenoxy) is 1. The summed E-state index contributed by atoms with van der Waals surface area (Å²) in [6.07, 6.45) is 0.560. The van der Waals surface area contributed by atoms with Gasteiger partial charge in [0, 0.05) is 13.1 Å². The molecule has 0 aliphatic carbocycles. The molecule has 0 radical (unpaired) electrons. The molecule has 2 aromatic rings. The van der Waals surface area contributed by atoms with Crippen LogP contribution in [0.1, 0.15) is 28.3 Å². The summed E-state index contributed by atoms with van der Waals surface area (Å²) in [5.74, 6) is 0. The first kappa shape index (κ1) is 14.6. The number of hydrogen-bond donors (Lipinski definition) is 1. The molecule has 1 aliphatic heterocycles. The van der Waals surface area contributed by atoms with E-state index in [9.17, 15) is 4.79 Å². The van der Waals surface area contributed by atoms with Gasteiger partial charge in [0.15, 0.2) is 0 Å². The van der Waals surface area contributed by atoms with Crippen molar-refractivity contribution in [3.05, 3.63) is 70.8 Å². The molecule has 0 fully saturated rings. The molecule has 1 aliphatic rings. The van der Waals surface area contributed by atoms with Gasteiger partial charge in [0.05, 0.1) is 13.2 Å². The number of nitrogens with zero attached hydrogens (tertiary/aromatic N) is 1. The molecule has 1 unspecified atom stereocenters. The van der Waals surface area contributed by atoms with E-state index in [1.807, 2.05) is 36.4 Å². The standard InChI is InChI=1S/C18H20N2O2/c1-22-18(21)20-11-10-14-4-2-3-5-16(14)17(20)15-8-6-13(12-19)7-9-15/h2-9,17H,10-12,19H2,1H3. The molecule has 4 heteroatoms. The van der Waals surface area contributed by atoms with Crippen LogP contribution >= 0.6 is 0 Å². The zero-order valence-corrected chi connectivity index (χ0v) is 12.7. The molecule has 1 heterocycles. The average Bonchev–Trinajstić information content (AvgIpc) is 2.60. The SMILES string of the molecule is COC(=O)N1CCc2ccccc2C1c1ccc(CN)cc1. The van der Waals surface area contributed by atoms with Crippen molar-refractivity contribution in [3.8, 4) is 0 Å². The van der Waals surface area contributed by atoms with Gasteiger partial charge in [-0.1, -0.05) is 48.5 Å². The minimum atomic E-state index is -0.289. The van der Waals surface area contributed by atoms with Crippen LogP contribution in [0.4, 0.5) is 4.79 Å². The number of carbonyl (C=O) groups is 1. The fourth-order valence-electron chi connectivity index (χ4n) is 3.08. The van der Waals surface area contributed by atoms with Crippen LogP contribution in [0.2, 0.25) is 0 Å². The van der Waals surface area contributed by atoms with Gasteiger partial charge >= 0.3 is 6.09 Å². The summed E-state index contributed by atoms with van der Waals surface area (Å²) < 4.78 is 4.97. The highest BCUT2D eigenvalue weighted by Gasteiger charge is 2.32. The average molecular weight is 296 g/mol. The fraction of sp³-hybridized carbons (Fsp3) is 0.278. The highest BCUT2D eigenvalue weighted by atomic mass is 16.5. The van der Waals surface area contributed by atoms with E-state index in [0.717, 1.165) is 17.5 Å². The van der Waals surface area contributed by atoms with Gasteiger partial charge < -0.3 is 10.5 Å². The third kappa shape index (κ3) is 2.57. The van der Waals surface area contributed by atoms with Crippen molar-refractivity contribution in [3.63, 3.8) is 0 Å². The normalized spacial score (nSPS) is 17.0. The molecule has 114 valence electrons. The van der Waals surface area contributed by atoms with Gasteiger partial charge in [-0.3, -0.25) is 4.90 Å². The Morgan fingerprint density at radius 1 is 1.23 bits per heavy atom. The van der Waals surface area contributed by atoms with E-state index in [2.05, 4.69) is 12.1 Å². The van der Waals surface area contributed by atoms with E-state index >= 15 is 0 Å². The van der Waals surface area contributed by atoms with Gasteiger partial charge in [-0.2, -0.15) is 0 Å². The van der Waals surface area contributed by atoms with Crippen molar-refractivity contribution in [2.75, 3.05) is 13.7 Å². The first-order valence-corrected chi connectivity index (χ1v) is 7.46. The van der Waals surface area contributed by atoms with Crippen LogP contribution in [0.25, 0.3) is 0 Å². The van der Waals surface area contributed by atoms with E-state index in [4.69, 9.17) is 10.5 Å². The van der Waals surface area contributed by atoms with Gasteiger partial charge in [0.2, 0.25) is 0 Å². The van der Waals surface area contributed by atoms with Crippen LogP contribution in [0.3, 0.4) is 0 Å². The molecule has 0 bridgehead atoms. The number of amides is 1. The summed E-state index contributed by atoms with van der Waals surface area (Å²) in [6, 6.07) is 16.3. The molecular formula is C18H20N2O2. The lowest BCUT2D eigenvalue weighted by Gasteiger charge is -2.36. The third-order valence-electron chi connectivity index (χ3n) is 4.22. The van der Waals surface area contributed by atoms with E-state index in [0.29, 0.717) is 13.1 Å². The topological polar surface area (TPSA) is 55.6 Å². The fourth-order valence-corrected chi connectivity index (χ4v) is 3.08. The summed E-state index contributed by atoms with van der Waals surface area (Å²) >= 11 is 0. The zero-order valence-electron chi connectivity index (χ0n) is 12.7. The number of hydrogen-bond acceptors (Lipinski definition) is 3. The predicted octanol–water partition coefficient (Wildman–Crippen LogP) is 2.86. The first-order valence-electron chi connectivity index (χ1n) is 7.46. The van der Waals surface area contributed by atoms with Crippen LogP contribution in [0.15, 0.2) is 48.5 Å². The molecular weight excluding hydrogens is 276 g/mol. The number of methoxy groups -OCH3 is 1. The Morgan fingerprint density at radius 2 is 1.95 bits per heavy atom. The number of fused-ring (bicyclic) bond motifs is 1. The molecule has 1 amide bonds. The van der Waals surface area contributed by atoms with Crippen LogP contribution < -0.4 is 5.73 Å². The maximum atomic E-state index is 12.2. The van der Waals surface area contributed by atoms with E-state index in [1.165, 1.54) is 18.2 Å². The van der Waals surface area contributed by atoms with Crippen LogP contribution in [0, 0.1) is 0 Å². The third-order valence-corrected chi connectivity index (χ3v) is 4.22. The molecule has 2 N–H and O–H groups in total. The van der Waals surface area contributed by atoms with Gasteiger partial charge in [0.25, 0.3) is 0 Å². The molecule has 22 heavy (non-hydrogen) atoms. The van der Waals surface area contributed by atoms with Crippen molar-refractivity contribution >= 4 is 6.09 Å².